The van der Waals surface area contributed by atoms with Gasteiger partial charge in [0.15, 0.2) is 9.84 Å². The van der Waals surface area contributed by atoms with Crippen LogP contribution in [-0.2, 0) is 14.6 Å². The number of sulfone groups is 1. The summed E-state index contributed by atoms with van der Waals surface area (Å²) in [5.41, 5.74) is 0.689. The number of carbonyl (C=O) groups excluding carboxylic acids is 1. The molecule has 1 aliphatic carbocycles. The van der Waals surface area contributed by atoms with Crippen molar-refractivity contribution in [1.29, 1.82) is 0 Å². The van der Waals surface area contributed by atoms with Crippen molar-refractivity contribution in [2.24, 2.45) is 0 Å². The molecule has 1 saturated carbocycles. The van der Waals surface area contributed by atoms with Gasteiger partial charge in [0, 0.05) is 12.1 Å². The maximum atomic E-state index is 13.2. The number of carbonyl (C=O) groups is 1. The van der Waals surface area contributed by atoms with Crippen LogP contribution in [-0.4, -0.2) is 75.9 Å². The van der Waals surface area contributed by atoms with E-state index in [1.54, 1.807) is 11.8 Å². The van der Waals surface area contributed by atoms with Crippen LogP contribution in [0.1, 0.15) is 32.1 Å². The summed E-state index contributed by atoms with van der Waals surface area (Å²) in [6.45, 7) is 0. The second-order valence-corrected chi connectivity index (χ2v) is 10.8. The van der Waals surface area contributed by atoms with Crippen molar-refractivity contribution in [1.82, 2.24) is 25.1 Å². The molecule has 162 valence electrons. The number of ether oxygens (including phenoxy) is 1. The molecule has 2 aliphatic rings. The van der Waals surface area contributed by atoms with Gasteiger partial charge in [0.25, 0.3) is 0 Å². The van der Waals surface area contributed by atoms with Gasteiger partial charge >= 0.3 is 0 Å². The third-order valence-corrected chi connectivity index (χ3v) is 8.34. The fraction of sp³-hybridized carbons (Fsp3) is 0.579. The Balaban J connectivity index is 1.50. The number of methoxy groups -OCH3 is 1. The van der Waals surface area contributed by atoms with Crippen LogP contribution in [0.15, 0.2) is 29.4 Å². The number of nitrogens with zero attached hydrogens (tertiary/aromatic N) is 5. The molecule has 2 fully saturated rings. The van der Waals surface area contributed by atoms with E-state index in [1.807, 2.05) is 29.2 Å². The molecule has 1 atom stereocenters. The van der Waals surface area contributed by atoms with Crippen molar-refractivity contribution < 1.29 is 17.9 Å². The van der Waals surface area contributed by atoms with Gasteiger partial charge in [-0.3, -0.25) is 4.79 Å². The van der Waals surface area contributed by atoms with E-state index >= 15 is 0 Å². The summed E-state index contributed by atoms with van der Waals surface area (Å²) in [7, 11) is -1.49. The van der Waals surface area contributed by atoms with Gasteiger partial charge < -0.3 is 9.64 Å². The number of para-hydroxylation sites is 2. The Bertz CT molecular complexity index is 1000. The second-order valence-electron chi connectivity index (χ2n) is 7.63. The number of hydrogen-bond acceptors (Lipinski definition) is 8. The van der Waals surface area contributed by atoms with Gasteiger partial charge in [-0.25, -0.2) is 8.42 Å². The molecule has 4 rings (SSSR count). The van der Waals surface area contributed by atoms with Gasteiger partial charge in [-0.05, 0) is 41.8 Å². The van der Waals surface area contributed by atoms with E-state index in [-0.39, 0.29) is 35.2 Å². The molecule has 1 aromatic carbocycles. The number of benzene rings is 1. The number of aromatic nitrogens is 4. The van der Waals surface area contributed by atoms with Crippen LogP contribution < -0.4 is 4.74 Å². The largest absolute Gasteiger partial charge is 0.494 e. The normalized spacial score (nSPS) is 21.0. The first-order valence-corrected chi connectivity index (χ1v) is 12.9. The SMILES string of the molecule is COc1ccccc1-n1nnnc1SCC(=O)N(C1CCCC1)[C@H]1CCS(=O)(=O)C1. The van der Waals surface area contributed by atoms with Gasteiger partial charge in [0.1, 0.15) is 11.4 Å². The number of hydrogen-bond donors (Lipinski definition) is 0. The van der Waals surface area contributed by atoms with Crippen LogP contribution in [0.4, 0.5) is 0 Å². The van der Waals surface area contributed by atoms with Crippen molar-refractivity contribution in [3.05, 3.63) is 24.3 Å². The summed E-state index contributed by atoms with van der Waals surface area (Å²) < 4.78 is 30.9. The lowest BCUT2D eigenvalue weighted by molar-refractivity contribution is -0.132. The van der Waals surface area contributed by atoms with Crippen molar-refractivity contribution in [2.45, 2.75) is 49.3 Å². The number of amides is 1. The molecule has 1 aliphatic heterocycles. The molecule has 2 aromatic rings. The first-order valence-electron chi connectivity index (χ1n) is 10.0. The quantitative estimate of drug-likeness (QED) is 0.586. The Morgan fingerprint density at radius 1 is 1.23 bits per heavy atom. The first-order chi connectivity index (χ1) is 14.5. The molecule has 30 heavy (non-hydrogen) atoms. The van der Waals surface area contributed by atoms with E-state index in [0.717, 1.165) is 25.7 Å². The molecular formula is C19H25N5O4S2. The highest BCUT2D eigenvalue weighted by Gasteiger charge is 2.39. The highest BCUT2D eigenvalue weighted by molar-refractivity contribution is 7.99. The van der Waals surface area contributed by atoms with Crippen LogP contribution in [0.5, 0.6) is 5.75 Å². The van der Waals surface area contributed by atoms with E-state index in [1.165, 1.54) is 11.8 Å². The van der Waals surface area contributed by atoms with Gasteiger partial charge in [-0.2, -0.15) is 4.68 Å². The Labute approximate surface area is 180 Å². The molecule has 0 radical (unpaired) electrons. The van der Waals surface area contributed by atoms with Gasteiger partial charge in [0.05, 0.1) is 24.4 Å². The minimum absolute atomic E-state index is 0.0522. The Morgan fingerprint density at radius 3 is 2.70 bits per heavy atom. The molecule has 0 unspecified atom stereocenters. The van der Waals surface area contributed by atoms with Crippen molar-refractivity contribution in [3.8, 4) is 11.4 Å². The van der Waals surface area contributed by atoms with Crippen molar-refractivity contribution >= 4 is 27.5 Å². The third-order valence-electron chi connectivity index (χ3n) is 5.69. The lowest BCUT2D eigenvalue weighted by Gasteiger charge is -2.34. The van der Waals surface area contributed by atoms with Gasteiger partial charge in [-0.1, -0.05) is 36.7 Å². The lowest BCUT2D eigenvalue weighted by Crippen LogP contribution is -2.47. The van der Waals surface area contributed by atoms with Crippen LogP contribution in [0, 0.1) is 0 Å². The van der Waals surface area contributed by atoms with E-state index in [2.05, 4.69) is 15.5 Å². The van der Waals surface area contributed by atoms with Crippen LogP contribution >= 0.6 is 11.8 Å². The predicted molar refractivity (Wildman–Crippen MR) is 113 cm³/mol. The van der Waals surface area contributed by atoms with E-state index in [9.17, 15) is 13.2 Å². The third kappa shape index (κ3) is 4.46. The first kappa shape index (κ1) is 21.1. The Morgan fingerprint density at radius 2 is 2.00 bits per heavy atom. The molecule has 0 spiro atoms. The zero-order chi connectivity index (χ0) is 21.1. The summed E-state index contributed by atoms with van der Waals surface area (Å²) in [5.74, 6) is 0.958. The number of rotatable bonds is 7. The highest BCUT2D eigenvalue weighted by atomic mass is 32.2. The summed E-state index contributed by atoms with van der Waals surface area (Å²) in [6.07, 6.45) is 4.55. The van der Waals surface area contributed by atoms with E-state index < -0.39 is 9.84 Å². The van der Waals surface area contributed by atoms with Gasteiger partial charge in [0.2, 0.25) is 11.1 Å². The Kier molecular flexibility index (Phi) is 6.28. The fourth-order valence-corrected chi connectivity index (χ4v) is 6.77. The summed E-state index contributed by atoms with van der Waals surface area (Å²) in [5, 5.41) is 12.3. The molecule has 1 aromatic heterocycles. The average molecular weight is 452 g/mol. The second kappa shape index (κ2) is 8.93. The zero-order valence-electron chi connectivity index (χ0n) is 16.8. The fourth-order valence-electron chi connectivity index (χ4n) is 4.31. The highest BCUT2D eigenvalue weighted by Crippen LogP contribution is 2.31. The maximum absolute atomic E-state index is 13.2. The molecule has 9 nitrogen and oxygen atoms in total. The Hall–Kier alpha value is -2.14. The molecule has 0 N–H and O–H groups in total. The van der Waals surface area contributed by atoms with E-state index in [4.69, 9.17) is 4.74 Å². The molecule has 0 bridgehead atoms. The van der Waals surface area contributed by atoms with Crippen LogP contribution in [0.2, 0.25) is 0 Å². The number of tetrazole rings is 1. The molecule has 1 amide bonds. The average Bonchev–Trinajstić information content (AvgIpc) is 3.48. The topological polar surface area (TPSA) is 107 Å². The summed E-state index contributed by atoms with van der Waals surface area (Å²) >= 11 is 1.25. The van der Waals surface area contributed by atoms with Crippen molar-refractivity contribution in [2.75, 3.05) is 24.4 Å². The molecule has 2 heterocycles. The minimum Gasteiger partial charge on any atom is -0.494 e. The zero-order valence-corrected chi connectivity index (χ0v) is 18.4. The van der Waals surface area contributed by atoms with Crippen molar-refractivity contribution in [3.63, 3.8) is 0 Å². The summed E-state index contributed by atoms with van der Waals surface area (Å²) in [4.78, 5) is 15.1. The number of thioether (sulfide) groups is 1. The predicted octanol–water partition coefficient (Wildman–Crippen LogP) is 1.72. The standard InChI is InChI=1S/C19H25N5O4S2/c1-28-17-9-5-4-8-16(17)24-19(20-21-22-24)29-12-18(25)23(14-6-2-3-7-14)15-10-11-30(26,27)13-15/h4-5,8-9,14-15H,2-3,6-7,10-13H2,1H3/t15-/m0/s1. The molecular weight excluding hydrogens is 426 g/mol. The smallest absolute Gasteiger partial charge is 0.233 e. The maximum Gasteiger partial charge on any atom is 0.233 e. The summed E-state index contributed by atoms with van der Waals surface area (Å²) in [6, 6.07) is 7.28. The minimum atomic E-state index is -3.06. The monoisotopic (exact) mass is 451 g/mol. The van der Waals surface area contributed by atoms with E-state index in [0.29, 0.717) is 23.0 Å². The van der Waals surface area contributed by atoms with Crippen LogP contribution in [0.25, 0.3) is 5.69 Å². The lowest BCUT2D eigenvalue weighted by atomic mass is 10.1. The van der Waals surface area contributed by atoms with Gasteiger partial charge in [-0.15, -0.1) is 5.10 Å². The molecule has 11 heteroatoms. The molecule has 1 saturated heterocycles. The van der Waals surface area contributed by atoms with Crippen LogP contribution in [0.3, 0.4) is 0 Å².